The fourth-order valence-electron chi connectivity index (χ4n) is 4.30. The number of aromatic amines is 1. The summed E-state index contributed by atoms with van der Waals surface area (Å²) in [6.45, 7) is 5.56. The van der Waals surface area contributed by atoms with Gasteiger partial charge in [0.25, 0.3) is 0 Å². The second-order valence-corrected chi connectivity index (χ2v) is 8.03. The van der Waals surface area contributed by atoms with Crippen molar-refractivity contribution in [1.29, 1.82) is 0 Å². The van der Waals surface area contributed by atoms with E-state index in [2.05, 4.69) is 30.0 Å². The van der Waals surface area contributed by atoms with Crippen LogP contribution in [0.15, 0.2) is 18.5 Å². The molecule has 0 radical (unpaired) electrons. The molecule has 1 saturated heterocycles. The highest BCUT2D eigenvalue weighted by atomic mass is 16.2. The Morgan fingerprint density at radius 3 is 2.54 bits per heavy atom. The van der Waals surface area contributed by atoms with E-state index in [1.54, 1.807) is 12.4 Å². The highest BCUT2D eigenvalue weighted by molar-refractivity contribution is 5.78. The molecule has 2 aromatic rings. The SMILES string of the molecule is O=C(CN1CCN(c2ncccn2)CC1)N1CCc2[nH]nc(C3CC3)c2CC1. The van der Waals surface area contributed by atoms with E-state index in [1.165, 1.54) is 29.8 Å². The number of hydrogen-bond acceptors (Lipinski definition) is 6. The topological polar surface area (TPSA) is 81.3 Å². The summed E-state index contributed by atoms with van der Waals surface area (Å²) in [6.07, 6.45) is 7.90. The van der Waals surface area contributed by atoms with Crippen LogP contribution in [0.1, 0.15) is 35.7 Å². The number of amides is 1. The Balaban J connectivity index is 1.14. The molecule has 148 valence electrons. The van der Waals surface area contributed by atoms with Gasteiger partial charge in [-0.3, -0.25) is 14.8 Å². The van der Waals surface area contributed by atoms with Crippen molar-refractivity contribution in [3.05, 3.63) is 35.4 Å². The molecular weight excluding hydrogens is 354 g/mol. The van der Waals surface area contributed by atoms with Gasteiger partial charge in [0, 0.05) is 69.7 Å². The van der Waals surface area contributed by atoms with Crippen LogP contribution >= 0.6 is 0 Å². The lowest BCUT2D eigenvalue weighted by Gasteiger charge is -2.35. The standard InChI is InChI=1S/C20H27N7O/c28-18(14-25-10-12-27(13-11-25)20-21-6-1-7-22-20)26-8-4-16-17(5-9-26)23-24-19(16)15-2-3-15/h1,6-7,15H,2-5,8-14H2,(H,23,24). The first-order valence-electron chi connectivity index (χ1n) is 10.4. The summed E-state index contributed by atoms with van der Waals surface area (Å²) >= 11 is 0. The summed E-state index contributed by atoms with van der Waals surface area (Å²) in [5.74, 6) is 1.69. The molecule has 1 aliphatic carbocycles. The van der Waals surface area contributed by atoms with E-state index < -0.39 is 0 Å². The molecule has 2 aromatic heterocycles. The molecule has 3 aliphatic rings. The van der Waals surface area contributed by atoms with Crippen molar-refractivity contribution in [3.63, 3.8) is 0 Å². The van der Waals surface area contributed by atoms with E-state index in [0.29, 0.717) is 12.5 Å². The van der Waals surface area contributed by atoms with Crippen molar-refractivity contribution < 1.29 is 4.79 Å². The Morgan fingerprint density at radius 1 is 1.04 bits per heavy atom. The van der Waals surface area contributed by atoms with Crippen molar-refractivity contribution in [3.8, 4) is 0 Å². The van der Waals surface area contributed by atoms with Crippen molar-refractivity contribution in [2.24, 2.45) is 0 Å². The van der Waals surface area contributed by atoms with Gasteiger partial charge in [-0.2, -0.15) is 5.10 Å². The number of H-pyrrole nitrogens is 1. The Kier molecular flexibility index (Phi) is 4.72. The summed E-state index contributed by atoms with van der Waals surface area (Å²) in [6, 6.07) is 1.83. The number of fused-ring (bicyclic) bond motifs is 1. The van der Waals surface area contributed by atoms with E-state index in [-0.39, 0.29) is 5.91 Å². The first kappa shape index (κ1) is 17.6. The molecule has 0 atom stereocenters. The van der Waals surface area contributed by atoms with Gasteiger partial charge < -0.3 is 9.80 Å². The quantitative estimate of drug-likeness (QED) is 0.845. The lowest BCUT2D eigenvalue weighted by Crippen LogP contribution is -2.50. The molecule has 1 saturated carbocycles. The number of piperazine rings is 1. The van der Waals surface area contributed by atoms with E-state index >= 15 is 0 Å². The predicted octanol–water partition coefficient (Wildman–Crippen LogP) is 0.826. The number of anilines is 1. The molecule has 0 aromatic carbocycles. The maximum atomic E-state index is 12.9. The second kappa shape index (κ2) is 7.50. The fraction of sp³-hybridized carbons (Fsp3) is 0.600. The number of carbonyl (C=O) groups excluding carboxylic acids is 1. The summed E-state index contributed by atoms with van der Waals surface area (Å²) in [4.78, 5) is 28.0. The van der Waals surface area contributed by atoms with E-state index in [4.69, 9.17) is 0 Å². The third-order valence-electron chi connectivity index (χ3n) is 6.13. The molecular formula is C20H27N7O. The lowest BCUT2D eigenvalue weighted by atomic mass is 10.1. The minimum absolute atomic E-state index is 0.246. The number of nitrogens with zero attached hydrogens (tertiary/aromatic N) is 6. The zero-order valence-corrected chi connectivity index (χ0v) is 16.2. The van der Waals surface area contributed by atoms with Gasteiger partial charge in [0.05, 0.1) is 12.2 Å². The Morgan fingerprint density at radius 2 is 1.79 bits per heavy atom. The molecule has 2 fully saturated rings. The number of rotatable bonds is 4. The summed E-state index contributed by atoms with van der Waals surface area (Å²) < 4.78 is 0. The van der Waals surface area contributed by atoms with Crippen LogP contribution in [0.4, 0.5) is 5.95 Å². The largest absolute Gasteiger partial charge is 0.341 e. The first-order valence-corrected chi connectivity index (χ1v) is 10.4. The zero-order valence-electron chi connectivity index (χ0n) is 16.2. The van der Waals surface area contributed by atoms with E-state index in [0.717, 1.165) is 58.1 Å². The summed E-state index contributed by atoms with van der Waals surface area (Å²) in [7, 11) is 0. The third-order valence-corrected chi connectivity index (χ3v) is 6.13. The van der Waals surface area contributed by atoms with Crippen LogP contribution < -0.4 is 4.90 Å². The van der Waals surface area contributed by atoms with Crippen LogP contribution in [0.25, 0.3) is 0 Å². The molecule has 4 heterocycles. The molecule has 0 bridgehead atoms. The lowest BCUT2D eigenvalue weighted by molar-refractivity contribution is -0.132. The molecule has 5 rings (SSSR count). The van der Waals surface area contributed by atoms with Gasteiger partial charge in [-0.1, -0.05) is 0 Å². The molecule has 8 heteroatoms. The maximum Gasteiger partial charge on any atom is 0.236 e. The van der Waals surface area contributed by atoms with Gasteiger partial charge in [-0.15, -0.1) is 0 Å². The summed E-state index contributed by atoms with van der Waals surface area (Å²) in [5.41, 5.74) is 3.89. The molecule has 1 amide bonds. The predicted molar refractivity (Wildman–Crippen MR) is 105 cm³/mol. The number of nitrogens with one attached hydrogen (secondary N) is 1. The van der Waals surface area contributed by atoms with Crippen LogP contribution in [-0.2, 0) is 17.6 Å². The van der Waals surface area contributed by atoms with Crippen molar-refractivity contribution >= 4 is 11.9 Å². The fourth-order valence-corrected chi connectivity index (χ4v) is 4.30. The minimum Gasteiger partial charge on any atom is -0.341 e. The van der Waals surface area contributed by atoms with Gasteiger partial charge in [-0.25, -0.2) is 9.97 Å². The molecule has 28 heavy (non-hydrogen) atoms. The van der Waals surface area contributed by atoms with Crippen LogP contribution in [-0.4, -0.2) is 81.7 Å². The minimum atomic E-state index is 0.246. The number of hydrogen-bond donors (Lipinski definition) is 1. The van der Waals surface area contributed by atoms with Crippen LogP contribution in [0.2, 0.25) is 0 Å². The van der Waals surface area contributed by atoms with Gasteiger partial charge in [0.2, 0.25) is 11.9 Å². The Hall–Kier alpha value is -2.48. The number of carbonyl (C=O) groups is 1. The number of aromatic nitrogens is 4. The van der Waals surface area contributed by atoms with E-state index in [1.807, 2.05) is 11.0 Å². The van der Waals surface area contributed by atoms with Crippen molar-refractivity contribution in [2.75, 3.05) is 50.7 Å². The van der Waals surface area contributed by atoms with E-state index in [9.17, 15) is 4.79 Å². The van der Waals surface area contributed by atoms with Gasteiger partial charge in [0.15, 0.2) is 0 Å². The maximum absolute atomic E-state index is 12.9. The normalized spacial score (nSPS) is 20.7. The van der Waals surface area contributed by atoms with Crippen LogP contribution in [0.5, 0.6) is 0 Å². The molecule has 8 nitrogen and oxygen atoms in total. The molecule has 2 aliphatic heterocycles. The van der Waals surface area contributed by atoms with Crippen LogP contribution in [0, 0.1) is 0 Å². The van der Waals surface area contributed by atoms with Gasteiger partial charge in [0.1, 0.15) is 0 Å². The average Bonchev–Trinajstić information content (AvgIpc) is 3.54. The van der Waals surface area contributed by atoms with Gasteiger partial charge in [-0.05, 0) is 30.9 Å². The highest BCUT2D eigenvalue weighted by Gasteiger charge is 2.32. The first-order chi connectivity index (χ1) is 13.8. The molecule has 1 N–H and O–H groups in total. The molecule has 0 spiro atoms. The molecule has 0 unspecified atom stereocenters. The third kappa shape index (κ3) is 3.61. The average molecular weight is 381 g/mol. The van der Waals surface area contributed by atoms with Crippen molar-refractivity contribution in [2.45, 2.75) is 31.6 Å². The highest BCUT2D eigenvalue weighted by Crippen LogP contribution is 2.41. The van der Waals surface area contributed by atoms with Crippen LogP contribution in [0.3, 0.4) is 0 Å². The Bertz CT molecular complexity index is 824. The smallest absolute Gasteiger partial charge is 0.236 e. The van der Waals surface area contributed by atoms with Crippen molar-refractivity contribution in [1.82, 2.24) is 30.0 Å². The Labute approximate surface area is 164 Å². The zero-order chi connectivity index (χ0) is 18.9. The summed E-state index contributed by atoms with van der Waals surface area (Å²) in [5, 5.41) is 7.78. The monoisotopic (exact) mass is 381 g/mol. The second-order valence-electron chi connectivity index (χ2n) is 8.03. The van der Waals surface area contributed by atoms with Gasteiger partial charge >= 0.3 is 0 Å².